The molecule has 6 heteroatoms. The molecule has 2 aliphatic rings. The Bertz CT molecular complexity index is 833. The molecule has 2 atom stereocenters. The van der Waals surface area contributed by atoms with E-state index < -0.39 is 18.1 Å². The Labute approximate surface area is 168 Å². The summed E-state index contributed by atoms with van der Waals surface area (Å²) in [5.41, 5.74) is 4.59. The maximum Gasteiger partial charge on any atom is 0.407 e. The highest BCUT2D eigenvalue weighted by molar-refractivity contribution is 7.99. The summed E-state index contributed by atoms with van der Waals surface area (Å²) >= 11 is 1.83. The normalized spacial score (nSPS) is 18.9. The zero-order chi connectivity index (χ0) is 19.5. The van der Waals surface area contributed by atoms with Crippen LogP contribution in [-0.2, 0) is 9.53 Å². The van der Waals surface area contributed by atoms with Crippen LogP contribution >= 0.6 is 11.8 Å². The second-order valence-electron chi connectivity index (χ2n) is 7.33. The molecular weight excluding hydrogens is 374 g/mol. The van der Waals surface area contributed by atoms with Crippen molar-refractivity contribution in [1.82, 2.24) is 5.32 Å². The Morgan fingerprint density at radius 2 is 1.75 bits per heavy atom. The van der Waals surface area contributed by atoms with Gasteiger partial charge < -0.3 is 15.2 Å². The van der Waals surface area contributed by atoms with Crippen molar-refractivity contribution in [2.45, 2.75) is 24.8 Å². The van der Waals surface area contributed by atoms with E-state index in [4.69, 9.17) is 4.74 Å². The quantitative estimate of drug-likeness (QED) is 0.767. The minimum absolute atomic E-state index is 0.0346. The van der Waals surface area contributed by atoms with Gasteiger partial charge in [0, 0.05) is 5.92 Å². The van der Waals surface area contributed by atoms with E-state index in [0.717, 1.165) is 40.2 Å². The first-order chi connectivity index (χ1) is 13.6. The molecule has 0 saturated carbocycles. The molecule has 1 heterocycles. The fraction of sp³-hybridized carbons (Fsp3) is 0.364. The van der Waals surface area contributed by atoms with Gasteiger partial charge in [0.05, 0.1) is 0 Å². The highest BCUT2D eigenvalue weighted by atomic mass is 32.2. The number of benzene rings is 2. The second kappa shape index (κ2) is 8.27. The second-order valence-corrected chi connectivity index (χ2v) is 8.48. The standard InChI is InChI=1S/C22H23NO4S/c24-21(25)20(11-14-9-10-28-13-14)23-22(26)27-12-19-17-7-3-1-5-15(17)16-6-2-4-8-18(16)19/h1-8,14,19-20H,9-13H2,(H,23,26)(H,24,25). The minimum atomic E-state index is -1.01. The van der Waals surface area contributed by atoms with E-state index in [0.29, 0.717) is 12.3 Å². The number of nitrogens with one attached hydrogen (secondary N) is 1. The highest BCUT2D eigenvalue weighted by Crippen LogP contribution is 2.44. The zero-order valence-electron chi connectivity index (χ0n) is 15.5. The lowest BCUT2D eigenvalue weighted by Gasteiger charge is -2.19. The number of carbonyl (C=O) groups excluding carboxylic acids is 1. The van der Waals surface area contributed by atoms with E-state index in [2.05, 4.69) is 29.6 Å². The molecule has 2 aromatic rings. The van der Waals surface area contributed by atoms with Gasteiger partial charge in [0.15, 0.2) is 0 Å². The lowest BCUT2D eigenvalue weighted by Crippen LogP contribution is -2.42. The number of carbonyl (C=O) groups is 2. The number of aliphatic carboxylic acids is 1. The van der Waals surface area contributed by atoms with Crippen LogP contribution in [0.3, 0.4) is 0 Å². The summed E-state index contributed by atoms with van der Waals surface area (Å²) in [6, 6.07) is 15.3. The van der Waals surface area contributed by atoms with Gasteiger partial charge >= 0.3 is 12.1 Å². The Morgan fingerprint density at radius 1 is 1.11 bits per heavy atom. The van der Waals surface area contributed by atoms with E-state index in [1.807, 2.05) is 36.0 Å². The predicted molar refractivity (Wildman–Crippen MR) is 110 cm³/mol. The third-order valence-electron chi connectivity index (χ3n) is 5.53. The van der Waals surface area contributed by atoms with Crippen molar-refractivity contribution in [1.29, 1.82) is 0 Å². The number of ether oxygens (including phenoxy) is 1. The van der Waals surface area contributed by atoms with Crippen LogP contribution in [0.2, 0.25) is 0 Å². The number of amides is 1. The molecule has 1 amide bonds. The number of hydrogen-bond donors (Lipinski definition) is 2. The van der Waals surface area contributed by atoms with Crippen molar-refractivity contribution in [3.8, 4) is 11.1 Å². The van der Waals surface area contributed by atoms with Gasteiger partial charge in [-0.2, -0.15) is 11.8 Å². The molecule has 1 saturated heterocycles. The minimum Gasteiger partial charge on any atom is -0.480 e. The van der Waals surface area contributed by atoms with Crippen molar-refractivity contribution in [2.24, 2.45) is 5.92 Å². The van der Waals surface area contributed by atoms with Crippen molar-refractivity contribution < 1.29 is 19.4 Å². The Balaban J connectivity index is 1.41. The number of fused-ring (bicyclic) bond motifs is 3. The van der Waals surface area contributed by atoms with Crippen LogP contribution in [0.4, 0.5) is 4.79 Å². The molecule has 0 radical (unpaired) electrons. The summed E-state index contributed by atoms with van der Waals surface area (Å²) in [6.07, 6.45) is 0.785. The molecule has 1 aliphatic carbocycles. The van der Waals surface area contributed by atoms with Crippen molar-refractivity contribution in [3.05, 3.63) is 59.7 Å². The lowest BCUT2D eigenvalue weighted by molar-refractivity contribution is -0.139. The van der Waals surface area contributed by atoms with Crippen molar-refractivity contribution >= 4 is 23.8 Å². The Hall–Kier alpha value is -2.47. The first-order valence-corrected chi connectivity index (χ1v) is 10.7. The maximum absolute atomic E-state index is 12.3. The molecular formula is C22H23NO4S. The van der Waals surface area contributed by atoms with Crippen LogP contribution in [0.25, 0.3) is 11.1 Å². The molecule has 1 aliphatic heterocycles. The van der Waals surface area contributed by atoms with Gasteiger partial charge in [0.1, 0.15) is 12.6 Å². The smallest absolute Gasteiger partial charge is 0.407 e. The number of hydrogen-bond acceptors (Lipinski definition) is 4. The molecule has 2 unspecified atom stereocenters. The molecule has 0 bridgehead atoms. The van der Waals surface area contributed by atoms with Crippen molar-refractivity contribution in [3.63, 3.8) is 0 Å². The molecule has 5 nitrogen and oxygen atoms in total. The fourth-order valence-corrected chi connectivity index (χ4v) is 5.41. The van der Waals surface area contributed by atoms with Gasteiger partial charge in [-0.15, -0.1) is 0 Å². The third kappa shape index (κ3) is 3.87. The molecule has 1 fully saturated rings. The first kappa shape index (κ1) is 18.9. The lowest BCUT2D eigenvalue weighted by atomic mass is 9.98. The molecule has 28 heavy (non-hydrogen) atoms. The van der Waals surface area contributed by atoms with Gasteiger partial charge in [-0.3, -0.25) is 0 Å². The molecule has 2 N–H and O–H groups in total. The summed E-state index contributed by atoms with van der Waals surface area (Å²) in [6.45, 7) is 0.186. The summed E-state index contributed by atoms with van der Waals surface area (Å²) < 4.78 is 5.47. The number of alkyl carbamates (subject to hydrolysis) is 1. The Kier molecular flexibility index (Phi) is 5.57. The van der Waals surface area contributed by atoms with E-state index in [-0.39, 0.29) is 12.5 Å². The van der Waals surface area contributed by atoms with Crippen LogP contribution in [0, 0.1) is 5.92 Å². The van der Waals surface area contributed by atoms with Crippen LogP contribution in [0.5, 0.6) is 0 Å². The van der Waals surface area contributed by atoms with Gasteiger partial charge in [0.2, 0.25) is 0 Å². The van der Waals surface area contributed by atoms with Crippen LogP contribution in [-0.4, -0.2) is 41.3 Å². The van der Waals surface area contributed by atoms with E-state index in [1.165, 1.54) is 0 Å². The number of carboxylic acids is 1. The fourth-order valence-electron chi connectivity index (χ4n) is 4.11. The first-order valence-electron chi connectivity index (χ1n) is 9.55. The average molecular weight is 397 g/mol. The number of rotatable bonds is 6. The SMILES string of the molecule is O=C(NC(CC1CCSC1)C(=O)O)OCC1c2ccccc2-c2ccccc21. The van der Waals surface area contributed by atoms with E-state index >= 15 is 0 Å². The van der Waals surface area contributed by atoms with E-state index in [1.54, 1.807) is 0 Å². The largest absolute Gasteiger partial charge is 0.480 e. The summed E-state index contributed by atoms with van der Waals surface area (Å²) in [5.74, 6) is 1.30. The molecule has 4 rings (SSSR count). The number of thioether (sulfide) groups is 1. The van der Waals surface area contributed by atoms with Crippen LogP contribution in [0.15, 0.2) is 48.5 Å². The summed E-state index contributed by atoms with van der Waals surface area (Å²) in [5, 5.41) is 12.0. The molecule has 2 aromatic carbocycles. The summed E-state index contributed by atoms with van der Waals surface area (Å²) in [4.78, 5) is 23.8. The maximum atomic E-state index is 12.3. The predicted octanol–water partition coefficient (Wildman–Crippen LogP) is 4.12. The van der Waals surface area contributed by atoms with Crippen LogP contribution < -0.4 is 5.32 Å². The molecule has 0 aromatic heterocycles. The monoisotopic (exact) mass is 397 g/mol. The Morgan fingerprint density at radius 3 is 2.32 bits per heavy atom. The van der Waals surface area contributed by atoms with E-state index in [9.17, 15) is 14.7 Å². The average Bonchev–Trinajstić information content (AvgIpc) is 3.32. The molecule has 0 spiro atoms. The topological polar surface area (TPSA) is 75.6 Å². The van der Waals surface area contributed by atoms with Gasteiger partial charge in [0.25, 0.3) is 0 Å². The molecule has 146 valence electrons. The summed E-state index contributed by atoms with van der Waals surface area (Å²) in [7, 11) is 0. The van der Waals surface area contributed by atoms with Gasteiger partial charge in [-0.05, 0) is 52.5 Å². The third-order valence-corrected chi connectivity index (χ3v) is 6.76. The van der Waals surface area contributed by atoms with Gasteiger partial charge in [-0.25, -0.2) is 9.59 Å². The van der Waals surface area contributed by atoms with Crippen molar-refractivity contribution in [2.75, 3.05) is 18.1 Å². The van der Waals surface area contributed by atoms with Crippen LogP contribution in [0.1, 0.15) is 29.9 Å². The highest BCUT2D eigenvalue weighted by Gasteiger charge is 2.30. The number of carboxylic acid groups (broad SMARTS) is 1. The van der Waals surface area contributed by atoms with Gasteiger partial charge in [-0.1, -0.05) is 48.5 Å². The zero-order valence-corrected chi connectivity index (χ0v) is 16.3.